The van der Waals surface area contributed by atoms with Gasteiger partial charge < -0.3 is 5.73 Å². The molecule has 0 atom stereocenters. The predicted molar refractivity (Wildman–Crippen MR) is 74.2 cm³/mol. The lowest BCUT2D eigenvalue weighted by atomic mass is 10.3. The van der Waals surface area contributed by atoms with E-state index in [0.29, 0.717) is 20.9 Å². The molecule has 2 aromatic rings. The van der Waals surface area contributed by atoms with Gasteiger partial charge in [0.1, 0.15) is 0 Å². The molecule has 0 aliphatic carbocycles. The van der Waals surface area contributed by atoms with E-state index < -0.39 is 0 Å². The average molecular weight is 311 g/mol. The quantitative estimate of drug-likeness (QED) is 0.609. The zero-order chi connectivity index (χ0) is 12.3. The summed E-state index contributed by atoms with van der Waals surface area (Å²) in [5.41, 5.74) is 7.65. The van der Waals surface area contributed by atoms with E-state index >= 15 is 0 Å². The summed E-state index contributed by atoms with van der Waals surface area (Å²) in [6, 6.07) is 12.9. The van der Waals surface area contributed by atoms with Crippen LogP contribution in [0.25, 0.3) is 0 Å². The lowest BCUT2D eigenvalue weighted by molar-refractivity contribution is 1.23. The van der Waals surface area contributed by atoms with Gasteiger partial charge in [0.2, 0.25) is 0 Å². The Morgan fingerprint density at radius 1 is 1.00 bits per heavy atom. The smallest absolute Gasteiger partial charge is 0.0884 e. The van der Waals surface area contributed by atoms with E-state index in [1.54, 1.807) is 12.1 Å². The third-order valence-electron chi connectivity index (χ3n) is 2.10. The number of nitrogens with two attached hydrogens (primary N) is 1. The van der Waals surface area contributed by atoms with Crippen molar-refractivity contribution in [2.75, 3.05) is 5.73 Å². The van der Waals surface area contributed by atoms with Crippen LogP contribution < -0.4 is 5.73 Å². The Morgan fingerprint density at radius 3 is 2.29 bits per heavy atom. The minimum atomic E-state index is 0.460. The zero-order valence-electron chi connectivity index (χ0n) is 8.77. The molecular weight excluding hydrogens is 302 g/mol. The van der Waals surface area contributed by atoms with Crippen LogP contribution in [0.1, 0.15) is 0 Å². The molecule has 5 heteroatoms. The summed E-state index contributed by atoms with van der Waals surface area (Å²) in [6.45, 7) is 0. The Balaban J connectivity index is 2.28. The monoisotopic (exact) mass is 309 g/mol. The summed E-state index contributed by atoms with van der Waals surface area (Å²) in [6.07, 6.45) is 0. The molecular formula is C12H9BrClN3. The van der Waals surface area contributed by atoms with Gasteiger partial charge >= 0.3 is 0 Å². The number of rotatable bonds is 2. The summed E-state index contributed by atoms with van der Waals surface area (Å²) in [4.78, 5) is 0. The molecule has 0 unspecified atom stereocenters. The van der Waals surface area contributed by atoms with Gasteiger partial charge in [-0.15, -0.1) is 0 Å². The first-order chi connectivity index (χ1) is 8.16. The summed E-state index contributed by atoms with van der Waals surface area (Å²) >= 11 is 9.26. The number of halogens is 2. The molecule has 0 aliphatic rings. The van der Waals surface area contributed by atoms with Crippen molar-refractivity contribution in [1.82, 2.24) is 0 Å². The van der Waals surface area contributed by atoms with E-state index in [1.807, 2.05) is 30.3 Å². The van der Waals surface area contributed by atoms with Crippen LogP contribution in [0.3, 0.4) is 0 Å². The highest BCUT2D eigenvalue weighted by Gasteiger charge is 2.03. The first-order valence-corrected chi connectivity index (χ1v) is 6.05. The molecule has 0 saturated heterocycles. The normalized spacial score (nSPS) is 10.9. The molecule has 0 aromatic heterocycles. The maximum Gasteiger partial charge on any atom is 0.0884 e. The first-order valence-electron chi connectivity index (χ1n) is 4.88. The van der Waals surface area contributed by atoms with E-state index in [-0.39, 0.29) is 0 Å². The van der Waals surface area contributed by atoms with Gasteiger partial charge in [-0.1, -0.05) is 29.8 Å². The lowest BCUT2D eigenvalue weighted by Gasteiger charge is -2.01. The van der Waals surface area contributed by atoms with Crippen LogP contribution in [-0.2, 0) is 0 Å². The highest BCUT2D eigenvalue weighted by molar-refractivity contribution is 9.10. The SMILES string of the molecule is Nc1c(Cl)cc(N=Nc2ccccc2)cc1Br. The van der Waals surface area contributed by atoms with Gasteiger partial charge in [0.15, 0.2) is 0 Å². The average Bonchev–Trinajstić information content (AvgIpc) is 2.34. The van der Waals surface area contributed by atoms with E-state index in [4.69, 9.17) is 17.3 Å². The summed E-state index contributed by atoms with van der Waals surface area (Å²) in [5.74, 6) is 0. The molecule has 2 rings (SSSR count). The van der Waals surface area contributed by atoms with Crippen LogP contribution in [0.5, 0.6) is 0 Å². The van der Waals surface area contributed by atoms with E-state index in [9.17, 15) is 0 Å². The maximum absolute atomic E-state index is 5.94. The fourth-order valence-corrected chi connectivity index (χ4v) is 2.01. The molecule has 2 N–H and O–H groups in total. The molecule has 0 aliphatic heterocycles. The lowest BCUT2D eigenvalue weighted by Crippen LogP contribution is -1.86. The van der Waals surface area contributed by atoms with Crippen molar-refractivity contribution < 1.29 is 0 Å². The van der Waals surface area contributed by atoms with Crippen LogP contribution in [0.2, 0.25) is 5.02 Å². The molecule has 0 heterocycles. The maximum atomic E-state index is 5.94. The van der Waals surface area contributed by atoms with E-state index in [1.165, 1.54) is 0 Å². The first kappa shape index (κ1) is 12.1. The molecule has 86 valence electrons. The Kier molecular flexibility index (Phi) is 3.76. The molecule has 17 heavy (non-hydrogen) atoms. The topological polar surface area (TPSA) is 50.7 Å². The summed E-state index contributed by atoms with van der Waals surface area (Å²) in [7, 11) is 0. The molecule has 0 spiro atoms. The Labute approximate surface area is 112 Å². The second-order valence-electron chi connectivity index (χ2n) is 3.36. The molecule has 0 fully saturated rings. The highest BCUT2D eigenvalue weighted by atomic mass is 79.9. The van der Waals surface area contributed by atoms with Gasteiger partial charge in [-0.05, 0) is 40.2 Å². The Morgan fingerprint density at radius 2 is 1.65 bits per heavy atom. The van der Waals surface area contributed by atoms with Gasteiger partial charge in [-0.25, -0.2) is 0 Å². The van der Waals surface area contributed by atoms with Crippen LogP contribution >= 0.6 is 27.5 Å². The molecule has 0 bridgehead atoms. The summed E-state index contributed by atoms with van der Waals surface area (Å²) in [5, 5.41) is 8.65. The van der Waals surface area contributed by atoms with Crippen LogP contribution in [-0.4, -0.2) is 0 Å². The summed E-state index contributed by atoms with van der Waals surface area (Å²) < 4.78 is 0.715. The van der Waals surface area contributed by atoms with Gasteiger partial charge in [0.25, 0.3) is 0 Å². The number of hydrogen-bond donors (Lipinski definition) is 1. The van der Waals surface area contributed by atoms with Crippen LogP contribution in [0.15, 0.2) is 57.2 Å². The molecule has 0 radical (unpaired) electrons. The second kappa shape index (κ2) is 5.29. The van der Waals surface area contributed by atoms with Gasteiger partial charge in [-0.3, -0.25) is 0 Å². The number of hydrogen-bond acceptors (Lipinski definition) is 3. The van der Waals surface area contributed by atoms with Gasteiger partial charge in [-0.2, -0.15) is 10.2 Å². The molecule has 0 amide bonds. The molecule has 0 saturated carbocycles. The van der Waals surface area contributed by atoms with Crippen LogP contribution in [0.4, 0.5) is 17.1 Å². The van der Waals surface area contributed by atoms with E-state index in [2.05, 4.69) is 26.2 Å². The van der Waals surface area contributed by atoms with Crippen molar-refractivity contribution >= 4 is 44.6 Å². The van der Waals surface area contributed by atoms with Gasteiger partial charge in [0.05, 0.1) is 22.1 Å². The van der Waals surface area contributed by atoms with Crippen molar-refractivity contribution in [3.8, 4) is 0 Å². The van der Waals surface area contributed by atoms with E-state index in [0.717, 1.165) is 5.69 Å². The Bertz CT molecular complexity index is 532. The minimum absolute atomic E-state index is 0.460. The Hall–Kier alpha value is -1.39. The standard InChI is InChI=1S/C12H9BrClN3/c13-10-6-9(7-11(14)12(10)15)17-16-8-4-2-1-3-5-8/h1-7H,15H2. The van der Waals surface area contributed by atoms with Crippen LogP contribution in [0, 0.1) is 0 Å². The largest absolute Gasteiger partial charge is 0.397 e. The fraction of sp³-hybridized carbons (Fsp3) is 0. The predicted octanol–water partition coefficient (Wildman–Crippen LogP) is 5.10. The minimum Gasteiger partial charge on any atom is -0.397 e. The number of anilines is 1. The van der Waals surface area contributed by atoms with Crippen molar-refractivity contribution in [3.05, 3.63) is 52.0 Å². The number of nitrogens with zero attached hydrogens (tertiary/aromatic N) is 2. The van der Waals surface area contributed by atoms with Crippen molar-refractivity contribution in [1.29, 1.82) is 0 Å². The second-order valence-corrected chi connectivity index (χ2v) is 4.62. The van der Waals surface area contributed by atoms with Crippen molar-refractivity contribution in [2.45, 2.75) is 0 Å². The molecule has 2 aromatic carbocycles. The van der Waals surface area contributed by atoms with Gasteiger partial charge in [0, 0.05) is 4.47 Å². The number of benzene rings is 2. The number of nitrogen functional groups attached to an aromatic ring is 1. The molecule has 3 nitrogen and oxygen atoms in total. The van der Waals surface area contributed by atoms with Crippen molar-refractivity contribution in [3.63, 3.8) is 0 Å². The fourth-order valence-electron chi connectivity index (χ4n) is 1.24. The third-order valence-corrected chi connectivity index (χ3v) is 3.07. The highest BCUT2D eigenvalue weighted by Crippen LogP contribution is 2.33. The van der Waals surface area contributed by atoms with Crippen molar-refractivity contribution in [2.24, 2.45) is 10.2 Å². The third kappa shape index (κ3) is 3.05. The zero-order valence-corrected chi connectivity index (χ0v) is 11.1. The number of azo groups is 1.